The zero-order valence-electron chi connectivity index (χ0n) is 11.5. The Kier molecular flexibility index (Phi) is 7.47. The standard InChI is InChI=1S/C15H21BrClNO/c1-3-5-6-11(4-2)10-18-15(19)12-7-8-14(17)13(16)9-12/h7-9,11H,3-6,10H2,1-2H3,(H,18,19). The van der Waals surface area contributed by atoms with Crippen LogP contribution in [0.1, 0.15) is 49.9 Å². The molecule has 1 rings (SSSR count). The van der Waals surface area contributed by atoms with Crippen molar-refractivity contribution in [2.45, 2.75) is 39.5 Å². The van der Waals surface area contributed by atoms with Crippen molar-refractivity contribution in [3.63, 3.8) is 0 Å². The smallest absolute Gasteiger partial charge is 0.251 e. The van der Waals surface area contributed by atoms with Gasteiger partial charge in [-0.05, 0) is 46.5 Å². The third-order valence-electron chi connectivity index (χ3n) is 3.28. The van der Waals surface area contributed by atoms with Crippen molar-refractivity contribution >= 4 is 33.4 Å². The van der Waals surface area contributed by atoms with Crippen molar-refractivity contribution < 1.29 is 4.79 Å². The maximum absolute atomic E-state index is 12.0. The molecule has 1 N–H and O–H groups in total. The molecule has 1 unspecified atom stereocenters. The van der Waals surface area contributed by atoms with E-state index in [1.807, 2.05) is 0 Å². The molecule has 1 aromatic rings. The van der Waals surface area contributed by atoms with Crippen LogP contribution in [0.5, 0.6) is 0 Å². The second-order valence-electron chi connectivity index (χ2n) is 4.76. The summed E-state index contributed by atoms with van der Waals surface area (Å²) >= 11 is 9.24. The summed E-state index contributed by atoms with van der Waals surface area (Å²) in [6.07, 6.45) is 4.71. The predicted molar refractivity (Wildman–Crippen MR) is 84.8 cm³/mol. The molecule has 0 saturated heterocycles. The molecule has 2 nitrogen and oxygen atoms in total. The summed E-state index contributed by atoms with van der Waals surface area (Å²) in [5, 5.41) is 3.62. The first-order chi connectivity index (χ1) is 9.08. The Morgan fingerprint density at radius 3 is 2.74 bits per heavy atom. The summed E-state index contributed by atoms with van der Waals surface area (Å²) in [5.74, 6) is 0.534. The first-order valence-electron chi connectivity index (χ1n) is 6.81. The molecule has 0 aliphatic carbocycles. The zero-order valence-corrected chi connectivity index (χ0v) is 13.9. The van der Waals surface area contributed by atoms with Gasteiger partial charge in [-0.25, -0.2) is 0 Å². The first-order valence-corrected chi connectivity index (χ1v) is 7.98. The van der Waals surface area contributed by atoms with Gasteiger partial charge in [0.2, 0.25) is 0 Å². The van der Waals surface area contributed by atoms with Crippen LogP contribution in [0.4, 0.5) is 0 Å². The number of rotatable bonds is 7. The molecule has 0 bridgehead atoms. The van der Waals surface area contributed by atoms with Crippen LogP contribution >= 0.6 is 27.5 Å². The lowest BCUT2D eigenvalue weighted by Crippen LogP contribution is -2.29. The molecule has 0 heterocycles. The molecule has 4 heteroatoms. The number of halogens is 2. The van der Waals surface area contributed by atoms with Crippen LogP contribution < -0.4 is 5.32 Å². The van der Waals surface area contributed by atoms with Gasteiger partial charge in [0.1, 0.15) is 0 Å². The summed E-state index contributed by atoms with van der Waals surface area (Å²) in [6.45, 7) is 5.11. The van der Waals surface area contributed by atoms with Gasteiger partial charge in [0.25, 0.3) is 5.91 Å². The molecular weight excluding hydrogens is 326 g/mol. The van der Waals surface area contributed by atoms with E-state index in [1.54, 1.807) is 18.2 Å². The van der Waals surface area contributed by atoms with Crippen LogP contribution in [0, 0.1) is 5.92 Å². The van der Waals surface area contributed by atoms with Gasteiger partial charge < -0.3 is 5.32 Å². The maximum atomic E-state index is 12.0. The van der Waals surface area contributed by atoms with Gasteiger partial charge in [-0.15, -0.1) is 0 Å². The summed E-state index contributed by atoms with van der Waals surface area (Å²) in [6, 6.07) is 5.23. The molecular formula is C15H21BrClNO. The number of hydrogen-bond acceptors (Lipinski definition) is 1. The molecule has 0 aliphatic heterocycles. The zero-order chi connectivity index (χ0) is 14.3. The van der Waals surface area contributed by atoms with Gasteiger partial charge >= 0.3 is 0 Å². The average Bonchev–Trinajstić information content (AvgIpc) is 2.41. The number of unbranched alkanes of at least 4 members (excludes halogenated alkanes) is 1. The van der Waals surface area contributed by atoms with Crippen molar-refractivity contribution in [1.29, 1.82) is 0 Å². The van der Waals surface area contributed by atoms with Crippen molar-refractivity contribution in [3.8, 4) is 0 Å². The monoisotopic (exact) mass is 345 g/mol. The van der Waals surface area contributed by atoms with Crippen molar-refractivity contribution in [2.24, 2.45) is 5.92 Å². The van der Waals surface area contributed by atoms with E-state index < -0.39 is 0 Å². The fourth-order valence-electron chi connectivity index (χ4n) is 1.92. The maximum Gasteiger partial charge on any atom is 0.251 e. The van der Waals surface area contributed by atoms with Crippen LogP contribution in [-0.4, -0.2) is 12.5 Å². The van der Waals surface area contributed by atoms with Crippen LogP contribution in [0.3, 0.4) is 0 Å². The molecule has 19 heavy (non-hydrogen) atoms. The van der Waals surface area contributed by atoms with Crippen LogP contribution in [-0.2, 0) is 0 Å². The second kappa shape index (κ2) is 8.60. The molecule has 1 aromatic carbocycles. The minimum absolute atomic E-state index is 0.0349. The number of carbonyl (C=O) groups is 1. The predicted octanol–water partition coefficient (Wildman–Crippen LogP) is 5.05. The second-order valence-corrected chi connectivity index (χ2v) is 6.02. The number of benzene rings is 1. The van der Waals surface area contributed by atoms with Gasteiger partial charge in [-0.2, -0.15) is 0 Å². The lowest BCUT2D eigenvalue weighted by Gasteiger charge is -2.15. The Morgan fingerprint density at radius 1 is 1.42 bits per heavy atom. The van der Waals surface area contributed by atoms with E-state index >= 15 is 0 Å². The minimum Gasteiger partial charge on any atom is -0.352 e. The molecule has 1 atom stereocenters. The number of amides is 1. The Hall–Kier alpha value is -0.540. The summed E-state index contributed by atoms with van der Waals surface area (Å²) in [5.41, 5.74) is 0.640. The van der Waals surface area contributed by atoms with E-state index in [1.165, 1.54) is 19.3 Å². The normalized spacial score (nSPS) is 12.2. The van der Waals surface area contributed by atoms with Crippen molar-refractivity contribution in [1.82, 2.24) is 5.32 Å². The molecule has 0 radical (unpaired) electrons. The summed E-state index contributed by atoms with van der Waals surface area (Å²) < 4.78 is 0.750. The number of hydrogen-bond donors (Lipinski definition) is 1. The number of carbonyl (C=O) groups excluding carboxylic acids is 1. The fourth-order valence-corrected chi connectivity index (χ4v) is 2.42. The van der Waals surface area contributed by atoms with Gasteiger partial charge in [0.15, 0.2) is 0 Å². The lowest BCUT2D eigenvalue weighted by atomic mass is 9.99. The molecule has 0 spiro atoms. The molecule has 0 fully saturated rings. The van der Waals surface area contributed by atoms with E-state index in [4.69, 9.17) is 11.6 Å². The third-order valence-corrected chi connectivity index (χ3v) is 4.49. The summed E-state index contributed by atoms with van der Waals surface area (Å²) in [7, 11) is 0. The number of nitrogens with one attached hydrogen (secondary N) is 1. The highest BCUT2D eigenvalue weighted by Crippen LogP contribution is 2.23. The Morgan fingerprint density at radius 2 is 2.16 bits per heavy atom. The van der Waals surface area contributed by atoms with Gasteiger partial charge in [0, 0.05) is 16.6 Å². The molecule has 0 saturated carbocycles. The lowest BCUT2D eigenvalue weighted by molar-refractivity contribution is 0.0946. The van der Waals surface area contributed by atoms with Crippen molar-refractivity contribution in [3.05, 3.63) is 33.3 Å². The van der Waals surface area contributed by atoms with Gasteiger partial charge in [-0.1, -0.05) is 44.7 Å². The molecule has 0 aromatic heterocycles. The third kappa shape index (κ3) is 5.53. The molecule has 0 aliphatic rings. The topological polar surface area (TPSA) is 29.1 Å². The molecule has 106 valence electrons. The van der Waals surface area contributed by atoms with E-state index in [-0.39, 0.29) is 5.91 Å². The summed E-state index contributed by atoms with van der Waals surface area (Å²) in [4.78, 5) is 12.0. The minimum atomic E-state index is -0.0349. The van der Waals surface area contributed by atoms with Gasteiger partial charge in [0.05, 0.1) is 5.02 Å². The Labute approximate surface area is 129 Å². The van der Waals surface area contributed by atoms with E-state index in [0.717, 1.165) is 17.4 Å². The Bertz CT molecular complexity index is 423. The fraction of sp³-hybridized carbons (Fsp3) is 0.533. The quantitative estimate of drug-likeness (QED) is 0.735. The molecule has 1 amide bonds. The van der Waals surface area contributed by atoms with E-state index in [0.29, 0.717) is 16.5 Å². The van der Waals surface area contributed by atoms with Gasteiger partial charge in [-0.3, -0.25) is 4.79 Å². The van der Waals surface area contributed by atoms with Crippen LogP contribution in [0.15, 0.2) is 22.7 Å². The van der Waals surface area contributed by atoms with Crippen LogP contribution in [0.25, 0.3) is 0 Å². The Balaban J connectivity index is 2.52. The largest absolute Gasteiger partial charge is 0.352 e. The first kappa shape index (κ1) is 16.5. The highest BCUT2D eigenvalue weighted by Gasteiger charge is 2.11. The van der Waals surface area contributed by atoms with E-state index in [2.05, 4.69) is 35.1 Å². The highest BCUT2D eigenvalue weighted by molar-refractivity contribution is 9.10. The van der Waals surface area contributed by atoms with Crippen molar-refractivity contribution in [2.75, 3.05) is 6.54 Å². The average molecular weight is 347 g/mol. The highest BCUT2D eigenvalue weighted by atomic mass is 79.9. The SMILES string of the molecule is CCCCC(CC)CNC(=O)c1ccc(Cl)c(Br)c1. The van der Waals surface area contributed by atoms with Crippen LogP contribution in [0.2, 0.25) is 5.02 Å². The van der Waals surface area contributed by atoms with E-state index in [9.17, 15) is 4.79 Å².